The lowest BCUT2D eigenvalue weighted by Crippen LogP contribution is -2.05. The van der Waals surface area contributed by atoms with Gasteiger partial charge in [0.1, 0.15) is 0 Å². The van der Waals surface area contributed by atoms with Crippen LogP contribution in [0.25, 0.3) is 10.9 Å². The number of rotatable bonds is 6. The van der Waals surface area contributed by atoms with Gasteiger partial charge in [-0.2, -0.15) is 13.2 Å². The first-order valence-corrected chi connectivity index (χ1v) is 7.62. The molecule has 0 amide bonds. The van der Waals surface area contributed by atoms with Crippen molar-refractivity contribution in [1.82, 2.24) is 4.98 Å². The number of benzene rings is 1. The second-order valence-electron chi connectivity index (χ2n) is 5.72. The lowest BCUT2D eigenvalue weighted by molar-refractivity contribution is -0.136. The van der Waals surface area contributed by atoms with Crippen molar-refractivity contribution in [3.05, 3.63) is 35.5 Å². The Morgan fingerprint density at radius 3 is 2.57 bits per heavy atom. The fourth-order valence-corrected chi connectivity index (χ4v) is 2.85. The Kier molecular flexibility index (Phi) is 4.96. The first-order valence-electron chi connectivity index (χ1n) is 7.62. The summed E-state index contributed by atoms with van der Waals surface area (Å²) in [5, 5.41) is 0.702. The third-order valence-corrected chi connectivity index (χ3v) is 4.07. The maximum absolute atomic E-state index is 13.0. The summed E-state index contributed by atoms with van der Waals surface area (Å²) >= 11 is 0. The number of alkyl halides is 3. The van der Waals surface area contributed by atoms with Crippen molar-refractivity contribution in [2.75, 3.05) is 0 Å². The SMILES string of the molecule is CCCCCCC(C)c1c[nH]c2c(C(F)(F)F)cccc12. The average molecular weight is 297 g/mol. The predicted octanol–water partition coefficient (Wildman–Crippen LogP) is 6.26. The molecule has 1 N–H and O–H groups in total. The number of nitrogens with one attached hydrogen (secondary N) is 1. The van der Waals surface area contributed by atoms with E-state index in [9.17, 15) is 13.2 Å². The summed E-state index contributed by atoms with van der Waals surface area (Å²) in [7, 11) is 0. The Hall–Kier alpha value is -1.45. The quantitative estimate of drug-likeness (QED) is 0.606. The lowest BCUT2D eigenvalue weighted by Gasteiger charge is -2.11. The molecule has 1 aromatic heterocycles. The molecule has 1 heterocycles. The molecule has 1 unspecified atom stereocenters. The number of unbranched alkanes of at least 4 members (excludes halogenated alkanes) is 3. The highest BCUT2D eigenvalue weighted by molar-refractivity contribution is 5.87. The number of aromatic amines is 1. The fourth-order valence-electron chi connectivity index (χ4n) is 2.85. The van der Waals surface area contributed by atoms with E-state index in [2.05, 4.69) is 18.8 Å². The molecule has 0 radical (unpaired) electrons. The van der Waals surface area contributed by atoms with Crippen molar-refractivity contribution in [3.63, 3.8) is 0 Å². The molecule has 116 valence electrons. The van der Waals surface area contributed by atoms with Crippen molar-refractivity contribution >= 4 is 10.9 Å². The third kappa shape index (κ3) is 3.60. The van der Waals surface area contributed by atoms with Crippen molar-refractivity contribution in [2.24, 2.45) is 0 Å². The van der Waals surface area contributed by atoms with Gasteiger partial charge in [0, 0.05) is 11.6 Å². The van der Waals surface area contributed by atoms with E-state index in [1.165, 1.54) is 25.3 Å². The van der Waals surface area contributed by atoms with Crippen LogP contribution in [-0.4, -0.2) is 4.98 Å². The van der Waals surface area contributed by atoms with E-state index in [0.717, 1.165) is 24.5 Å². The van der Waals surface area contributed by atoms with Crippen LogP contribution in [-0.2, 0) is 6.18 Å². The van der Waals surface area contributed by atoms with Crippen molar-refractivity contribution in [3.8, 4) is 0 Å². The summed E-state index contributed by atoms with van der Waals surface area (Å²) < 4.78 is 39.0. The van der Waals surface area contributed by atoms with Crippen LogP contribution in [0.3, 0.4) is 0 Å². The van der Waals surface area contributed by atoms with Gasteiger partial charge in [-0.25, -0.2) is 0 Å². The zero-order valence-corrected chi connectivity index (χ0v) is 12.6. The molecule has 1 aromatic carbocycles. The van der Waals surface area contributed by atoms with Crippen LogP contribution < -0.4 is 0 Å². The van der Waals surface area contributed by atoms with Gasteiger partial charge in [0.15, 0.2) is 0 Å². The van der Waals surface area contributed by atoms with E-state index in [0.29, 0.717) is 5.39 Å². The normalized spacial score (nSPS) is 13.8. The van der Waals surface area contributed by atoms with Gasteiger partial charge in [-0.15, -0.1) is 0 Å². The maximum atomic E-state index is 13.0. The standard InChI is InChI=1S/C17H22F3N/c1-3-4-5-6-8-12(2)14-11-21-16-13(14)9-7-10-15(16)17(18,19)20/h7,9-12,21H,3-6,8H2,1-2H3. The van der Waals surface area contributed by atoms with Gasteiger partial charge in [0.2, 0.25) is 0 Å². The van der Waals surface area contributed by atoms with Crippen LogP contribution in [0, 0.1) is 0 Å². The minimum Gasteiger partial charge on any atom is -0.360 e. The molecule has 4 heteroatoms. The molecule has 0 aliphatic rings. The topological polar surface area (TPSA) is 15.8 Å². The summed E-state index contributed by atoms with van der Waals surface area (Å²) in [6.07, 6.45) is 3.17. The Balaban J connectivity index is 2.22. The molecule has 0 aliphatic carbocycles. The highest BCUT2D eigenvalue weighted by Crippen LogP contribution is 2.37. The molecule has 0 fully saturated rings. The Labute approximate surface area is 123 Å². The number of para-hydroxylation sites is 1. The number of H-pyrrole nitrogens is 1. The predicted molar refractivity (Wildman–Crippen MR) is 80.5 cm³/mol. The third-order valence-electron chi connectivity index (χ3n) is 4.07. The van der Waals surface area contributed by atoms with Gasteiger partial charge in [0.25, 0.3) is 0 Å². The number of hydrogen-bond donors (Lipinski definition) is 1. The second-order valence-corrected chi connectivity index (χ2v) is 5.72. The van der Waals surface area contributed by atoms with Crippen LogP contribution in [0.5, 0.6) is 0 Å². The van der Waals surface area contributed by atoms with Crippen LogP contribution in [0.1, 0.15) is 63.0 Å². The molecule has 0 saturated carbocycles. The Morgan fingerprint density at radius 1 is 1.14 bits per heavy atom. The smallest absolute Gasteiger partial charge is 0.360 e. The van der Waals surface area contributed by atoms with Gasteiger partial charge in [0.05, 0.1) is 11.1 Å². The van der Waals surface area contributed by atoms with Gasteiger partial charge < -0.3 is 4.98 Å². The number of hydrogen-bond acceptors (Lipinski definition) is 0. The summed E-state index contributed by atoms with van der Waals surface area (Å²) in [4.78, 5) is 2.83. The second kappa shape index (κ2) is 6.54. The van der Waals surface area contributed by atoms with Crippen LogP contribution in [0.2, 0.25) is 0 Å². The Bertz CT molecular complexity index is 583. The summed E-state index contributed by atoms with van der Waals surface area (Å²) in [5.41, 5.74) is 0.623. The van der Waals surface area contributed by atoms with Gasteiger partial charge in [-0.3, -0.25) is 0 Å². The number of halogens is 3. The molecule has 0 saturated heterocycles. The molecule has 0 aliphatic heterocycles. The molecular weight excluding hydrogens is 275 g/mol. The molecular formula is C17H22F3N. The van der Waals surface area contributed by atoms with Crippen molar-refractivity contribution in [2.45, 2.75) is 58.0 Å². The van der Waals surface area contributed by atoms with Crippen molar-refractivity contribution in [1.29, 1.82) is 0 Å². The van der Waals surface area contributed by atoms with E-state index >= 15 is 0 Å². The average Bonchev–Trinajstić information content (AvgIpc) is 2.86. The summed E-state index contributed by atoms with van der Waals surface area (Å²) in [6.45, 7) is 4.26. The number of fused-ring (bicyclic) bond motifs is 1. The summed E-state index contributed by atoms with van der Waals surface area (Å²) in [6, 6.07) is 4.40. The minimum atomic E-state index is -4.31. The monoisotopic (exact) mass is 297 g/mol. The molecule has 1 nitrogen and oxygen atoms in total. The van der Waals surface area contributed by atoms with Crippen LogP contribution in [0.4, 0.5) is 13.2 Å². The molecule has 0 bridgehead atoms. The summed E-state index contributed by atoms with van der Waals surface area (Å²) in [5.74, 6) is 0.277. The first kappa shape index (κ1) is 15.9. The molecule has 0 spiro atoms. The molecule has 2 aromatic rings. The van der Waals surface area contributed by atoms with Gasteiger partial charge in [-0.05, 0) is 24.0 Å². The zero-order valence-electron chi connectivity index (χ0n) is 12.6. The van der Waals surface area contributed by atoms with Crippen LogP contribution in [0.15, 0.2) is 24.4 Å². The molecule has 21 heavy (non-hydrogen) atoms. The van der Waals surface area contributed by atoms with E-state index in [-0.39, 0.29) is 11.4 Å². The van der Waals surface area contributed by atoms with E-state index in [4.69, 9.17) is 0 Å². The zero-order chi connectivity index (χ0) is 15.5. The number of aromatic nitrogens is 1. The van der Waals surface area contributed by atoms with Gasteiger partial charge >= 0.3 is 6.18 Å². The van der Waals surface area contributed by atoms with Crippen molar-refractivity contribution < 1.29 is 13.2 Å². The Morgan fingerprint density at radius 2 is 1.90 bits per heavy atom. The van der Waals surface area contributed by atoms with Crippen LogP contribution >= 0.6 is 0 Å². The molecule has 1 atom stereocenters. The largest absolute Gasteiger partial charge is 0.418 e. The van der Waals surface area contributed by atoms with E-state index in [1.807, 2.05) is 0 Å². The van der Waals surface area contributed by atoms with E-state index < -0.39 is 11.7 Å². The fraction of sp³-hybridized carbons (Fsp3) is 0.529. The molecule has 2 rings (SSSR count). The van der Waals surface area contributed by atoms with Gasteiger partial charge in [-0.1, -0.05) is 51.7 Å². The van der Waals surface area contributed by atoms with E-state index in [1.54, 1.807) is 12.3 Å². The first-order chi connectivity index (χ1) is 9.95. The maximum Gasteiger partial charge on any atom is 0.418 e. The highest BCUT2D eigenvalue weighted by atomic mass is 19.4. The lowest BCUT2D eigenvalue weighted by atomic mass is 9.94. The minimum absolute atomic E-state index is 0.209. The highest BCUT2D eigenvalue weighted by Gasteiger charge is 2.33.